The van der Waals surface area contributed by atoms with Gasteiger partial charge in [0.15, 0.2) is 5.70 Å². The molecular formula is C25H12BrClN2O6S. The van der Waals surface area contributed by atoms with Gasteiger partial charge in [-0.25, -0.2) is 14.6 Å². The van der Waals surface area contributed by atoms with E-state index >= 15 is 0 Å². The van der Waals surface area contributed by atoms with Crippen LogP contribution in [0.5, 0.6) is 5.75 Å². The number of fused-ring (bicyclic) bond motifs is 1. The molecule has 0 amide bonds. The van der Waals surface area contributed by atoms with Crippen molar-refractivity contribution >= 4 is 78.6 Å². The molecule has 0 unspecified atom stereocenters. The second kappa shape index (κ2) is 9.65. The van der Waals surface area contributed by atoms with Gasteiger partial charge in [-0.05, 0) is 42.5 Å². The number of hydrogen-bond acceptors (Lipinski definition) is 8. The number of thiophene rings is 1. The fourth-order valence-corrected chi connectivity index (χ4v) is 5.13. The summed E-state index contributed by atoms with van der Waals surface area (Å²) in [7, 11) is 0. The van der Waals surface area contributed by atoms with Gasteiger partial charge >= 0.3 is 11.9 Å². The summed E-state index contributed by atoms with van der Waals surface area (Å²) in [5, 5.41) is 11.9. The minimum atomic E-state index is -0.710. The molecule has 3 aromatic carbocycles. The van der Waals surface area contributed by atoms with Crippen LogP contribution in [0.15, 0.2) is 81.9 Å². The largest absolute Gasteiger partial charge is 0.422 e. The predicted octanol–water partition coefficient (Wildman–Crippen LogP) is 6.79. The number of para-hydroxylation sites is 1. The Morgan fingerprint density at radius 1 is 1.14 bits per heavy atom. The number of esters is 2. The van der Waals surface area contributed by atoms with Gasteiger partial charge in [-0.1, -0.05) is 45.7 Å². The fraction of sp³-hybridized carbons (Fsp3) is 0. The first kappa shape index (κ1) is 23.9. The number of ether oxygens (including phenoxy) is 2. The Bertz CT molecular complexity index is 1630. The SMILES string of the molecule is O=C1OC(c2sc3cc([N+](=O)[O-])ccc3c2Cl)=N/C1=C/c1ccccc1OC(=O)c1ccc(Br)cc1. The number of aliphatic imine (C=N–C) groups is 1. The molecule has 0 saturated heterocycles. The highest BCUT2D eigenvalue weighted by molar-refractivity contribution is 9.10. The molecule has 1 aromatic heterocycles. The Morgan fingerprint density at radius 2 is 1.89 bits per heavy atom. The number of rotatable bonds is 5. The molecule has 0 atom stereocenters. The zero-order chi connectivity index (χ0) is 25.4. The lowest BCUT2D eigenvalue weighted by Gasteiger charge is -2.07. The van der Waals surface area contributed by atoms with Crippen molar-refractivity contribution < 1.29 is 24.0 Å². The lowest BCUT2D eigenvalue weighted by molar-refractivity contribution is -0.384. The number of nitro benzene ring substituents is 1. The first-order valence-corrected chi connectivity index (χ1v) is 12.2. The summed E-state index contributed by atoms with van der Waals surface area (Å²) in [5.41, 5.74) is 0.711. The lowest BCUT2D eigenvalue weighted by Crippen LogP contribution is -2.09. The molecular weight excluding hydrogens is 572 g/mol. The zero-order valence-electron chi connectivity index (χ0n) is 17.9. The minimum absolute atomic E-state index is 0.00978. The molecule has 0 N–H and O–H groups in total. The third-order valence-corrected chi connectivity index (χ3v) is 7.31. The average molecular weight is 584 g/mol. The maximum atomic E-state index is 12.6. The molecule has 0 bridgehead atoms. The second-order valence-electron chi connectivity index (χ2n) is 7.45. The van der Waals surface area contributed by atoms with Crippen LogP contribution >= 0.6 is 38.9 Å². The fourth-order valence-electron chi connectivity index (χ4n) is 3.40. The monoisotopic (exact) mass is 582 g/mol. The third-order valence-electron chi connectivity index (χ3n) is 5.13. The number of benzene rings is 3. The Hall–Kier alpha value is -3.86. The highest BCUT2D eigenvalue weighted by Crippen LogP contribution is 2.39. The van der Waals surface area contributed by atoms with Crippen LogP contribution in [0.1, 0.15) is 20.8 Å². The zero-order valence-corrected chi connectivity index (χ0v) is 21.1. The quantitative estimate of drug-likeness (QED) is 0.0842. The summed E-state index contributed by atoms with van der Waals surface area (Å²) in [5.74, 6) is -1.04. The number of hydrogen-bond donors (Lipinski definition) is 0. The molecule has 0 aliphatic carbocycles. The van der Waals surface area contributed by atoms with Gasteiger partial charge in [0.1, 0.15) is 10.6 Å². The van der Waals surface area contributed by atoms with E-state index in [-0.39, 0.29) is 28.1 Å². The second-order valence-corrected chi connectivity index (χ2v) is 9.80. The highest BCUT2D eigenvalue weighted by atomic mass is 79.9. The Morgan fingerprint density at radius 3 is 2.64 bits per heavy atom. The van der Waals surface area contributed by atoms with Gasteiger partial charge < -0.3 is 9.47 Å². The van der Waals surface area contributed by atoms with Gasteiger partial charge in [0.2, 0.25) is 5.90 Å². The molecule has 0 fully saturated rings. The van der Waals surface area contributed by atoms with E-state index in [0.717, 1.165) is 15.8 Å². The summed E-state index contributed by atoms with van der Waals surface area (Å²) in [4.78, 5) is 40.4. The minimum Gasteiger partial charge on any atom is -0.422 e. The van der Waals surface area contributed by atoms with Crippen LogP contribution < -0.4 is 4.74 Å². The van der Waals surface area contributed by atoms with Gasteiger partial charge in [-0.15, -0.1) is 11.3 Å². The molecule has 0 saturated carbocycles. The molecule has 11 heteroatoms. The third kappa shape index (κ3) is 4.66. The standard InChI is InChI=1S/C25H12BrClN2O6S/c26-15-7-5-13(6-8-15)24(30)34-19-4-2-1-3-14(19)11-18-25(31)35-23(28-18)22-21(27)17-10-9-16(29(32)33)12-20(17)36-22/h1-12H/b18-11+. The van der Waals surface area contributed by atoms with E-state index in [9.17, 15) is 19.7 Å². The maximum absolute atomic E-state index is 12.6. The summed E-state index contributed by atoms with van der Waals surface area (Å²) < 4.78 is 12.3. The van der Waals surface area contributed by atoms with Gasteiger partial charge in [0, 0.05) is 32.3 Å². The van der Waals surface area contributed by atoms with Crippen molar-refractivity contribution in [2.24, 2.45) is 4.99 Å². The van der Waals surface area contributed by atoms with E-state index < -0.39 is 16.9 Å². The average Bonchev–Trinajstić information content (AvgIpc) is 3.39. The first-order chi connectivity index (χ1) is 17.3. The van der Waals surface area contributed by atoms with Crippen LogP contribution in [0.3, 0.4) is 0 Å². The van der Waals surface area contributed by atoms with Crippen LogP contribution in [0, 0.1) is 10.1 Å². The predicted molar refractivity (Wildman–Crippen MR) is 140 cm³/mol. The molecule has 36 heavy (non-hydrogen) atoms. The lowest BCUT2D eigenvalue weighted by atomic mass is 10.1. The highest BCUT2D eigenvalue weighted by Gasteiger charge is 2.29. The van der Waals surface area contributed by atoms with Gasteiger partial charge in [-0.3, -0.25) is 10.1 Å². The van der Waals surface area contributed by atoms with E-state index in [1.807, 2.05) is 0 Å². The molecule has 2 heterocycles. The van der Waals surface area contributed by atoms with E-state index in [1.165, 1.54) is 18.2 Å². The smallest absolute Gasteiger partial charge is 0.363 e. The van der Waals surface area contributed by atoms with Crippen LogP contribution in [-0.4, -0.2) is 22.8 Å². The number of nitrogens with zero attached hydrogens (tertiary/aromatic N) is 2. The number of non-ortho nitro benzene ring substituents is 1. The van der Waals surface area contributed by atoms with Crippen molar-refractivity contribution in [1.29, 1.82) is 0 Å². The number of nitro groups is 1. The van der Waals surface area contributed by atoms with Crippen LogP contribution in [0.25, 0.3) is 16.2 Å². The van der Waals surface area contributed by atoms with Crippen LogP contribution in [-0.2, 0) is 9.53 Å². The van der Waals surface area contributed by atoms with Crippen molar-refractivity contribution in [3.8, 4) is 5.75 Å². The first-order valence-electron chi connectivity index (χ1n) is 10.3. The number of carbonyl (C=O) groups is 2. The topological polar surface area (TPSA) is 108 Å². The number of cyclic esters (lactones) is 1. The summed E-state index contributed by atoms with van der Waals surface area (Å²) in [6, 6.07) is 17.7. The maximum Gasteiger partial charge on any atom is 0.363 e. The summed E-state index contributed by atoms with van der Waals surface area (Å²) in [6.45, 7) is 0. The number of halogens is 2. The summed E-state index contributed by atoms with van der Waals surface area (Å²) in [6.07, 6.45) is 1.45. The van der Waals surface area contributed by atoms with Crippen molar-refractivity contribution in [3.63, 3.8) is 0 Å². The Balaban J connectivity index is 1.46. The van der Waals surface area contributed by atoms with Crippen molar-refractivity contribution in [2.75, 3.05) is 0 Å². The van der Waals surface area contributed by atoms with Gasteiger partial charge in [-0.2, -0.15) is 0 Å². The van der Waals surface area contributed by atoms with E-state index in [2.05, 4.69) is 20.9 Å². The van der Waals surface area contributed by atoms with Gasteiger partial charge in [0.05, 0.1) is 15.5 Å². The molecule has 178 valence electrons. The molecule has 5 rings (SSSR count). The molecule has 0 radical (unpaired) electrons. The van der Waals surface area contributed by atoms with E-state index in [0.29, 0.717) is 26.1 Å². The van der Waals surface area contributed by atoms with E-state index in [4.69, 9.17) is 21.1 Å². The molecule has 0 spiro atoms. The number of carbonyl (C=O) groups excluding carboxylic acids is 2. The van der Waals surface area contributed by atoms with E-state index in [1.54, 1.807) is 54.6 Å². The molecule has 8 nitrogen and oxygen atoms in total. The van der Waals surface area contributed by atoms with Crippen molar-refractivity contribution in [2.45, 2.75) is 0 Å². The summed E-state index contributed by atoms with van der Waals surface area (Å²) >= 11 is 10.9. The Kier molecular flexibility index (Phi) is 6.40. The normalized spacial score (nSPS) is 14.1. The Labute approximate surface area is 220 Å². The molecule has 1 aliphatic heterocycles. The van der Waals surface area contributed by atoms with Crippen LogP contribution in [0.2, 0.25) is 5.02 Å². The molecule has 1 aliphatic rings. The van der Waals surface area contributed by atoms with Crippen LogP contribution in [0.4, 0.5) is 5.69 Å². The van der Waals surface area contributed by atoms with Crippen molar-refractivity contribution in [1.82, 2.24) is 0 Å². The van der Waals surface area contributed by atoms with Gasteiger partial charge in [0.25, 0.3) is 5.69 Å². The molecule has 4 aromatic rings. The van der Waals surface area contributed by atoms with Crippen molar-refractivity contribution in [3.05, 3.63) is 108 Å².